The van der Waals surface area contributed by atoms with Crippen molar-refractivity contribution in [3.8, 4) is 0 Å². The van der Waals surface area contributed by atoms with Crippen LogP contribution < -0.4 is 5.32 Å². The molecule has 0 aliphatic heterocycles. The topological polar surface area (TPSA) is 44.9 Å². The van der Waals surface area contributed by atoms with Crippen LogP contribution in [0.15, 0.2) is 48.7 Å². The monoisotopic (exact) mass is 272 g/mol. The van der Waals surface area contributed by atoms with Crippen molar-refractivity contribution in [3.63, 3.8) is 0 Å². The lowest BCUT2D eigenvalue weighted by molar-refractivity contribution is 0.102. The van der Waals surface area contributed by atoms with E-state index in [1.807, 2.05) is 12.1 Å². The Balaban J connectivity index is 1.95. The molecule has 0 aliphatic carbocycles. The maximum absolute atomic E-state index is 13.5. The maximum atomic E-state index is 13.5. The van der Waals surface area contributed by atoms with Crippen LogP contribution in [0.3, 0.4) is 0 Å². The van der Waals surface area contributed by atoms with E-state index >= 15 is 0 Å². The van der Waals surface area contributed by atoms with Gasteiger partial charge in [0.15, 0.2) is 0 Å². The van der Waals surface area contributed by atoms with Crippen LogP contribution in [0.25, 0.3) is 10.9 Å². The minimum atomic E-state index is -0.681. The number of benzene rings is 2. The van der Waals surface area contributed by atoms with Gasteiger partial charge in [0.1, 0.15) is 11.6 Å². The third-order valence-corrected chi connectivity index (χ3v) is 3.01. The lowest BCUT2D eigenvalue weighted by atomic mass is 10.1. The molecule has 20 heavy (non-hydrogen) atoms. The van der Waals surface area contributed by atoms with Crippen molar-refractivity contribution in [1.82, 2.24) is 4.98 Å². The molecule has 0 aliphatic rings. The van der Waals surface area contributed by atoms with Crippen molar-refractivity contribution in [1.29, 1.82) is 0 Å². The number of halogens is 2. The van der Waals surface area contributed by atoms with Gasteiger partial charge in [0.25, 0.3) is 5.91 Å². The third-order valence-electron chi connectivity index (χ3n) is 3.01. The first-order valence-corrected chi connectivity index (χ1v) is 5.97. The Morgan fingerprint density at radius 1 is 1.10 bits per heavy atom. The molecule has 0 saturated carbocycles. The van der Waals surface area contributed by atoms with Crippen LogP contribution in [0.1, 0.15) is 10.4 Å². The average molecular weight is 272 g/mol. The predicted molar refractivity (Wildman–Crippen MR) is 72.6 cm³/mol. The number of fused-ring (bicyclic) bond motifs is 1. The lowest BCUT2D eigenvalue weighted by Crippen LogP contribution is -2.12. The summed E-state index contributed by atoms with van der Waals surface area (Å²) in [7, 11) is 0. The average Bonchev–Trinajstić information content (AvgIpc) is 2.87. The van der Waals surface area contributed by atoms with Crippen LogP contribution in [0, 0.1) is 11.6 Å². The number of aromatic nitrogens is 1. The highest BCUT2D eigenvalue weighted by Gasteiger charge is 2.14. The van der Waals surface area contributed by atoms with Crippen LogP contribution in [-0.2, 0) is 0 Å². The number of aromatic amines is 1. The molecule has 2 N–H and O–H groups in total. The Bertz CT molecular complexity index is 795. The van der Waals surface area contributed by atoms with Crippen molar-refractivity contribution in [2.75, 3.05) is 5.32 Å². The Morgan fingerprint density at radius 3 is 2.75 bits per heavy atom. The molecule has 0 spiro atoms. The summed E-state index contributed by atoms with van der Waals surface area (Å²) >= 11 is 0. The minimum Gasteiger partial charge on any atom is -0.360 e. The van der Waals surface area contributed by atoms with E-state index in [0.29, 0.717) is 5.56 Å². The van der Waals surface area contributed by atoms with Crippen molar-refractivity contribution < 1.29 is 13.6 Å². The van der Waals surface area contributed by atoms with Crippen LogP contribution in [-0.4, -0.2) is 10.9 Å². The zero-order valence-corrected chi connectivity index (χ0v) is 10.3. The van der Waals surface area contributed by atoms with E-state index in [1.165, 1.54) is 6.20 Å². The molecule has 0 fully saturated rings. The van der Waals surface area contributed by atoms with E-state index in [9.17, 15) is 13.6 Å². The molecule has 2 aromatic carbocycles. The van der Waals surface area contributed by atoms with Crippen LogP contribution in [0.5, 0.6) is 0 Å². The summed E-state index contributed by atoms with van der Waals surface area (Å²) in [6, 6.07) is 10.2. The summed E-state index contributed by atoms with van der Waals surface area (Å²) in [5.74, 6) is -1.79. The van der Waals surface area contributed by atoms with Gasteiger partial charge in [-0.15, -0.1) is 0 Å². The first-order chi connectivity index (χ1) is 9.65. The largest absolute Gasteiger partial charge is 0.360 e. The SMILES string of the molecule is O=C(Nc1cc(F)ccc1F)c1c[nH]c2ccccc12. The molecule has 3 nitrogen and oxygen atoms in total. The van der Waals surface area contributed by atoms with Crippen molar-refractivity contribution in [2.24, 2.45) is 0 Å². The van der Waals surface area contributed by atoms with Crippen molar-refractivity contribution in [3.05, 3.63) is 65.9 Å². The number of anilines is 1. The maximum Gasteiger partial charge on any atom is 0.257 e. The zero-order valence-electron chi connectivity index (χ0n) is 10.3. The second-order valence-corrected chi connectivity index (χ2v) is 4.33. The summed E-state index contributed by atoms with van der Waals surface area (Å²) < 4.78 is 26.6. The summed E-state index contributed by atoms with van der Waals surface area (Å²) in [6.45, 7) is 0. The third kappa shape index (κ3) is 2.14. The highest BCUT2D eigenvalue weighted by atomic mass is 19.1. The highest BCUT2D eigenvalue weighted by molar-refractivity contribution is 6.12. The molecule has 3 aromatic rings. The normalized spacial score (nSPS) is 10.7. The van der Waals surface area contributed by atoms with Crippen LogP contribution >= 0.6 is 0 Å². The highest BCUT2D eigenvalue weighted by Crippen LogP contribution is 2.21. The fourth-order valence-electron chi connectivity index (χ4n) is 2.04. The standard InChI is InChI=1S/C15H10F2N2O/c16-9-5-6-12(17)14(7-9)19-15(20)11-8-18-13-4-2-1-3-10(11)13/h1-8,18H,(H,19,20). The van der Waals surface area contributed by atoms with Crippen LogP contribution in [0.4, 0.5) is 14.5 Å². The molecule has 0 unspecified atom stereocenters. The van der Waals surface area contributed by atoms with Gasteiger partial charge in [-0.1, -0.05) is 18.2 Å². The fraction of sp³-hybridized carbons (Fsp3) is 0. The molecule has 0 radical (unpaired) electrons. The molecule has 0 bridgehead atoms. The number of carbonyl (C=O) groups excluding carboxylic acids is 1. The van der Waals surface area contributed by atoms with Gasteiger partial charge in [-0.2, -0.15) is 0 Å². The van der Waals surface area contributed by atoms with Gasteiger partial charge in [-0.25, -0.2) is 8.78 Å². The van der Waals surface area contributed by atoms with Crippen molar-refractivity contribution in [2.45, 2.75) is 0 Å². The van der Waals surface area contributed by atoms with E-state index < -0.39 is 17.5 Å². The molecule has 1 aromatic heterocycles. The van der Waals surface area contributed by atoms with Crippen molar-refractivity contribution >= 4 is 22.5 Å². The number of carbonyl (C=O) groups is 1. The number of nitrogens with one attached hydrogen (secondary N) is 2. The lowest BCUT2D eigenvalue weighted by Gasteiger charge is -2.05. The molecule has 0 saturated heterocycles. The second-order valence-electron chi connectivity index (χ2n) is 4.33. The van der Waals surface area contributed by atoms with E-state index in [-0.39, 0.29) is 5.69 Å². The molecular formula is C15H10F2N2O. The molecule has 0 atom stereocenters. The van der Waals surface area contributed by atoms with Gasteiger partial charge in [-0.05, 0) is 18.2 Å². The fourth-order valence-corrected chi connectivity index (χ4v) is 2.04. The van der Waals surface area contributed by atoms with Gasteiger partial charge in [-0.3, -0.25) is 4.79 Å². The Hall–Kier alpha value is -2.69. The quantitative estimate of drug-likeness (QED) is 0.734. The molecule has 5 heteroatoms. The number of rotatable bonds is 2. The molecule has 100 valence electrons. The summed E-state index contributed by atoms with van der Waals surface area (Å²) in [5.41, 5.74) is 1.00. The second kappa shape index (κ2) is 4.77. The Labute approximate surface area is 113 Å². The molecule has 1 heterocycles. The summed E-state index contributed by atoms with van der Waals surface area (Å²) in [4.78, 5) is 15.1. The molecule has 3 rings (SSSR count). The van der Waals surface area contributed by atoms with E-state index in [4.69, 9.17) is 0 Å². The van der Waals surface area contributed by atoms with Gasteiger partial charge in [0, 0.05) is 23.2 Å². The molecular weight excluding hydrogens is 262 g/mol. The van der Waals surface area contributed by atoms with E-state index in [2.05, 4.69) is 10.3 Å². The van der Waals surface area contributed by atoms with Crippen LogP contribution in [0.2, 0.25) is 0 Å². The summed E-state index contributed by atoms with van der Waals surface area (Å²) in [6.07, 6.45) is 1.54. The molecule has 1 amide bonds. The first kappa shape index (κ1) is 12.3. The summed E-state index contributed by atoms with van der Waals surface area (Å²) in [5, 5.41) is 3.10. The number of amides is 1. The first-order valence-electron chi connectivity index (χ1n) is 5.97. The predicted octanol–water partition coefficient (Wildman–Crippen LogP) is 3.70. The minimum absolute atomic E-state index is 0.180. The van der Waals surface area contributed by atoms with Gasteiger partial charge in [0.2, 0.25) is 0 Å². The Morgan fingerprint density at radius 2 is 1.90 bits per heavy atom. The number of hydrogen-bond acceptors (Lipinski definition) is 1. The van der Waals surface area contributed by atoms with Gasteiger partial charge in [0.05, 0.1) is 11.3 Å². The van der Waals surface area contributed by atoms with E-state index in [0.717, 1.165) is 29.1 Å². The van der Waals surface area contributed by atoms with Gasteiger partial charge >= 0.3 is 0 Å². The zero-order chi connectivity index (χ0) is 14.1. The number of H-pyrrole nitrogens is 1. The number of hydrogen-bond donors (Lipinski definition) is 2. The van der Waals surface area contributed by atoms with E-state index in [1.54, 1.807) is 12.1 Å². The number of para-hydroxylation sites is 1. The smallest absolute Gasteiger partial charge is 0.257 e. The Kier molecular flexibility index (Phi) is 2.95. The van der Waals surface area contributed by atoms with Gasteiger partial charge < -0.3 is 10.3 Å².